The number of benzene rings is 2. The highest BCUT2D eigenvalue weighted by Gasteiger charge is 2.13. The number of halogens is 1. The van der Waals surface area contributed by atoms with E-state index in [1.54, 1.807) is 39.4 Å². The molecule has 0 radical (unpaired) electrons. The van der Waals surface area contributed by atoms with Crippen LogP contribution in [0.5, 0.6) is 11.5 Å². The van der Waals surface area contributed by atoms with Gasteiger partial charge in [-0.2, -0.15) is 0 Å². The Bertz CT molecular complexity index is 740. The standard InChI is InChI=1S/C19H19ClO4/c1-13(15-8-4-5-9-16(15)20)24-18(21)12-11-14-7-6-10-17(22-2)19(14)23-3/h4-13H,1-3H3/b12-11+. The third-order valence-electron chi connectivity index (χ3n) is 3.47. The number of methoxy groups -OCH3 is 2. The second kappa shape index (κ2) is 8.41. The first kappa shape index (κ1) is 17.9. The normalized spacial score (nSPS) is 12.0. The molecule has 2 aromatic rings. The monoisotopic (exact) mass is 346 g/mol. The molecule has 0 aliphatic rings. The number of carbonyl (C=O) groups excluding carboxylic acids is 1. The summed E-state index contributed by atoms with van der Waals surface area (Å²) >= 11 is 6.11. The van der Waals surface area contributed by atoms with E-state index in [4.69, 9.17) is 25.8 Å². The zero-order valence-corrected chi connectivity index (χ0v) is 14.5. The van der Waals surface area contributed by atoms with Crippen molar-refractivity contribution in [1.82, 2.24) is 0 Å². The first-order valence-electron chi connectivity index (χ1n) is 7.41. The Morgan fingerprint density at radius 2 is 1.83 bits per heavy atom. The summed E-state index contributed by atoms with van der Waals surface area (Å²) < 4.78 is 15.9. The van der Waals surface area contributed by atoms with Crippen LogP contribution in [0.4, 0.5) is 0 Å². The fourth-order valence-corrected chi connectivity index (χ4v) is 2.57. The van der Waals surface area contributed by atoms with Gasteiger partial charge in [0.05, 0.1) is 14.2 Å². The molecule has 24 heavy (non-hydrogen) atoms. The van der Waals surface area contributed by atoms with Crippen LogP contribution in [-0.2, 0) is 9.53 Å². The van der Waals surface area contributed by atoms with Crippen LogP contribution < -0.4 is 9.47 Å². The molecule has 2 rings (SSSR count). The SMILES string of the molecule is COc1cccc(/C=C/C(=O)OC(C)c2ccccc2Cl)c1OC. The molecular formula is C19H19ClO4. The van der Waals surface area contributed by atoms with E-state index in [0.717, 1.165) is 11.1 Å². The lowest BCUT2D eigenvalue weighted by atomic mass is 10.1. The Hall–Kier alpha value is -2.46. The number of esters is 1. The third-order valence-corrected chi connectivity index (χ3v) is 3.81. The van der Waals surface area contributed by atoms with Crippen molar-refractivity contribution >= 4 is 23.6 Å². The van der Waals surface area contributed by atoms with Crippen LogP contribution in [0.15, 0.2) is 48.5 Å². The molecule has 0 aliphatic heterocycles. The van der Waals surface area contributed by atoms with E-state index in [0.29, 0.717) is 16.5 Å². The van der Waals surface area contributed by atoms with Crippen LogP contribution >= 0.6 is 11.6 Å². The van der Waals surface area contributed by atoms with Gasteiger partial charge in [0.15, 0.2) is 11.5 Å². The lowest BCUT2D eigenvalue weighted by Gasteiger charge is -2.13. The van der Waals surface area contributed by atoms with Crippen LogP contribution in [0.3, 0.4) is 0 Å². The van der Waals surface area contributed by atoms with Gasteiger partial charge in [-0.25, -0.2) is 4.79 Å². The number of carbonyl (C=O) groups is 1. The smallest absolute Gasteiger partial charge is 0.331 e. The van der Waals surface area contributed by atoms with Gasteiger partial charge in [-0.3, -0.25) is 0 Å². The summed E-state index contributed by atoms with van der Waals surface area (Å²) in [5.41, 5.74) is 1.49. The highest BCUT2D eigenvalue weighted by Crippen LogP contribution is 2.31. The number of rotatable bonds is 6. The average molecular weight is 347 g/mol. The minimum absolute atomic E-state index is 0.442. The van der Waals surface area contributed by atoms with Crippen molar-refractivity contribution in [3.8, 4) is 11.5 Å². The van der Waals surface area contributed by atoms with Crippen molar-refractivity contribution in [3.05, 3.63) is 64.7 Å². The minimum atomic E-state index is -0.465. The van der Waals surface area contributed by atoms with Crippen LogP contribution in [0.1, 0.15) is 24.2 Å². The Kier molecular flexibility index (Phi) is 6.27. The molecule has 1 unspecified atom stereocenters. The van der Waals surface area contributed by atoms with Crippen LogP contribution in [0.25, 0.3) is 6.08 Å². The molecule has 2 aromatic carbocycles. The molecule has 126 valence electrons. The molecule has 0 fully saturated rings. The summed E-state index contributed by atoms with van der Waals surface area (Å²) in [5.74, 6) is 0.688. The Morgan fingerprint density at radius 3 is 2.50 bits per heavy atom. The lowest BCUT2D eigenvalue weighted by molar-refractivity contribution is -0.142. The van der Waals surface area contributed by atoms with Crippen LogP contribution in [0.2, 0.25) is 5.02 Å². The zero-order chi connectivity index (χ0) is 17.5. The molecule has 5 heteroatoms. The third kappa shape index (κ3) is 4.30. The number of hydrogen-bond acceptors (Lipinski definition) is 4. The topological polar surface area (TPSA) is 44.8 Å². The molecular weight excluding hydrogens is 328 g/mol. The predicted octanol–water partition coefficient (Wildman–Crippen LogP) is 4.67. The quantitative estimate of drug-likeness (QED) is 0.563. The molecule has 0 saturated carbocycles. The van der Waals surface area contributed by atoms with Crippen molar-refractivity contribution in [3.63, 3.8) is 0 Å². The van der Waals surface area contributed by atoms with Crippen molar-refractivity contribution in [2.24, 2.45) is 0 Å². The maximum absolute atomic E-state index is 12.0. The van der Waals surface area contributed by atoms with E-state index in [1.165, 1.54) is 6.08 Å². The average Bonchev–Trinajstić information content (AvgIpc) is 2.59. The van der Waals surface area contributed by atoms with Crippen molar-refractivity contribution in [1.29, 1.82) is 0 Å². The van der Waals surface area contributed by atoms with Crippen molar-refractivity contribution in [2.45, 2.75) is 13.0 Å². The largest absolute Gasteiger partial charge is 0.493 e. The zero-order valence-electron chi connectivity index (χ0n) is 13.8. The van der Waals surface area contributed by atoms with E-state index < -0.39 is 12.1 Å². The molecule has 0 amide bonds. The van der Waals surface area contributed by atoms with E-state index >= 15 is 0 Å². The second-order valence-corrected chi connectivity index (χ2v) is 5.42. The molecule has 0 saturated heterocycles. The number of hydrogen-bond donors (Lipinski definition) is 0. The Morgan fingerprint density at radius 1 is 1.08 bits per heavy atom. The Balaban J connectivity index is 2.10. The number of ether oxygens (including phenoxy) is 3. The first-order chi connectivity index (χ1) is 11.6. The summed E-state index contributed by atoms with van der Waals surface area (Å²) in [5, 5.41) is 0.566. The maximum atomic E-state index is 12.0. The molecule has 0 bridgehead atoms. The highest BCUT2D eigenvalue weighted by molar-refractivity contribution is 6.31. The molecule has 4 nitrogen and oxygen atoms in total. The fraction of sp³-hybridized carbons (Fsp3) is 0.211. The maximum Gasteiger partial charge on any atom is 0.331 e. The summed E-state index contributed by atoms with van der Waals surface area (Å²) in [7, 11) is 3.11. The molecule has 0 spiro atoms. The molecule has 0 aromatic heterocycles. The second-order valence-electron chi connectivity index (χ2n) is 5.02. The van der Waals surface area contributed by atoms with Crippen LogP contribution in [0, 0.1) is 0 Å². The van der Waals surface area contributed by atoms with Gasteiger partial charge in [0.2, 0.25) is 0 Å². The molecule has 0 heterocycles. The number of para-hydroxylation sites is 1. The summed E-state index contributed by atoms with van der Waals surface area (Å²) in [6, 6.07) is 12.7. The lowest BCUT2D eigenvalue weighted by Crippen LogP contribution is -2.06. The van der Waals surface area contributed by atoms with Gasteiger partial charge in [-0.05, 0) is 25.1 Å². The fourth-order valence-electron chi connectivity index (χ4n) is 2.28. The van der Waals surface area contributed by atoms with E-state index in [9.17, 15) is 4.79 Å². The van der Waals surface area contributed by atoms with Gasteiger partial charge in [-0.15, -0.1) is 0 Å². The van der Waals surface area contributed by atoms with Gasteiger partial charge >= 0.3 is 5.97 Å². The summed E-state index contributed by atoms with van der Waals surface area (Å²) in [6.45, 7) is 1.78. The van der Waals surface area contributed by atoms with E-state index in [1.807, 2.05) is 30.3 Å². The minimum Gasteiger partial charge on any atom is -0.493 e. The van der Waals surface area contributed by atoms with Gasteiger partial charge in [0.1, 0.15) is 6.10 Å². The highest BCUT2D eigenvalue weighted by atomic mass is 35.5. The van der Waals surface area contributed by atoms with Gasteiger partial charge in [0, 0.05) is 22.2 Å². The van der Waals surface area contributed by atoms with Gasteiger partial charge in [-0.1, -0.05) is 41.9 Å². The summed E-state index contributed by atoms with van der Waals surface area (Å²) in [4.78, 5) is 12.0. The van der Waals surface area contributed by atoms with Gasteiger partial charge < -0.3 is 14.2 Å². The Labute approximate surface area is 146 Å². The van der Waals surface area contributed by atoms with E-state index in [-0.39, 0.29) is 0 Å². The predicted molar refractivity (Wildman–Crippen MR) is 94.5 cm³/mol. The van der Waals surface area contributed by atoms with Crippen molar-refractivity contribution in [2.75, 3.05) is 14.2 Å². The molecule has 0 N–H and O–H groups in total. The van der Waals surface area contributed by atoms with E-state index in [2.05, 4.69) is 0 Å². The van der Waals surface area contributed by atoms with Crippen molar-refractivity contribution < 1.29 is 19.0 Å². The molecule has 0 aliphatic carbocycles. The van der Waals surface area contributed by atoms with Gasteiger partial charge in [0.25, 0.3) is 0 Å². The first-order valence-corrected chi connectivity index (χ1v) is 7.78. The van der Waals surface area contributed by atoms with Crippen LogP contribution in [-0.4, -0.2) is 20.2 Å². The summed E-state index contributed by atoms with van der Waals surface area (Å²) in [6.07, 6.45) is 2.54. The molecule has 1 atom stereocenters.